The van der Waals surface area contributed by atoms with Crippen LogP contribution in [0, 0.1) is 13.8 Å². The molecular weight excluding hydrogens is 388 g/mol. The molecule has 0 aliphatic carbocycles. The third kappa shape index (κ3) is 6.65. The number of amides is 1. The largest absolute Gasteiger partial charge is 0.379 e. The number of morpholine rings is 1. The maximum absolute atomic E-state index is 13.6. The molecule has 0 saturated carbocycles. The van der Waals surface area contributed by atoms with Crippen LogP contribution in [-0.4, -0.2) is 71.4 Å². The van der Waals surface area contributed by atoms with Crippen LogP contribution >= 0.6 is 0 Å². The summed E-state index contributed by atoms with van der Waals surface area (Å²) in [5, 5.41) is 4.71. The van der Waals surface area contributed by atoms with Gasteiger partial charge >= 0.3 is 0 Å². The lowest BCUT2D eigenvalue weighted by Crippen LogP contribution is -2.43. The summed E-state index contributed by atoms with van der Waals surface area (Å²) in [6.45, 7) is 12.8. The zero-order valence-electron chi connectivity index (χ0n) is 19.5. The topological polar surface area (TPSA) is 50.6 Å². The molecule has 31 heavy (non-hydrogen) atoms. The van der Waals surface area contributed by atoms with Crippen LogP contribution in [0.1, 0.15) is 59.9 Å². The van der Waals surface area contributed by atoms with Crippen LogP contribution in [0.15, 0.2) is 30.3 Å². The van der Waals surface area contributed by atoms with Gasteiger partial charge in [0.05, 0.1) is 31.0 Å². The first-order valence-electron chi connectivity index (χ1n) is 11.8. The summed E-state index contributed by atoms with van der Waals surface area (Å²) < 4.78 is 7.43. The first-order chi connectivity index (χ1) is 15.1. The summed E-state index contributed by atoms with van der Waals surface area (Å²) >= 11 is 0. The van der Waals surface area contributed by atoms with Gasteiger partial charge in [-0.05, 0) is 25.8 Å². The van der Waals surface area contributed by atoms with E-state index in [-0.39, 0.29) is 5.91 Å². The Kier molecular flexibility index (Phi) is 9.10. The highest BCUT2D eigenvalue weighted by Crippen LogP contribution is 2.18. The Morgan fingerprint density at radius 2 is 1.81 bits per heavy atom. The Balaban J connectivity index is 1.72. The number of unbranched alkanes of at least 4 members (excludes halogenated alkanes) is 3. The molecule has 1 amide bonds. The normalized spacial score (nSPS) is 14.7. The average molecular weight is 427 g/mol. The van der Waals surface area contributed by atoms with E-state index in [4.69, 9.17) is 9.84 Å². The number of aryl methyl sites for hydroxylation is 1. The van der Waals surface area contributed by atoms with E-state index < -0.39 is 0 Å². The second kappa shape index (κ2) is 12.0. The molecule has 1 saturated heterocycles. The van der Waals surface area contributed by atoms with E-state index in [1.54, 1.807) is 0 Å². The van der Waals surface area contributed by atoms with Gasteiger partial charge in [-0.15, -0.1) is 0 Å². The molecule has 1 aliphatic heterocycles. The van der Waals surface area contributed by atoms with Gasteiger partial charge < -0.3 is 9.64 Å². The van der Waals surface area contributed by atoms with E-state index in [0.29, 0.717) is 6.54 Å². The molecule has 0 N–H and O–H groups in total. The first kappa shape index (κ1) is 23.5. The fourth-order valence-corrected chi connectivity index (χ4v) is 4.21. The maximum atomic E-state index is 13.6. The van der Waals surface area contributed by atoms with Crippen molar-refractivity contribution >= 4 is 5.91 Å². The first-order valence-corrected chi connectivity index (χ1v) is 11.8. The molecule has 0 radical (unpaired) electrons. The Morgan fingerprint density at radius 1 is 1.06 bits per heavy atom. The van der Waals surface area contributed by atoms with Crippen molar-refractivity contribution in [3.8, 4) is 0 Å². The summed E-state index contributed by atoms with van der Waals surface area (Å²) in [4.78, 5) is 18.1. The number of hydrogen-bond acceptors (Lipinski definition) is 4. The van der Waals surface area contributed by atoms with Gasteiger partial charge in [0.2, 0.25) is 0 Å². The van der Waals surface area contributed by atoms with E-state index in [1.807, 2.05) is 36.7 Å². The van der Waals surface area contributed by atoms with Gasteiger partial charge in [-0.3, -0.25) is 14.4 Å². The smallest absolute Gasteiger partial charge is 0.257 e. The molecule has 0 bridgehead atoms. The van der Waals surface area contributed by atoms with Gasteiger partial charge in [-0.25, -0.2) is 0 Å². The molecule has 170 valence electrons. The SMILES string of the molecule is CCCCCCN(CCN1CCOCC1)C(=O)c1c(C)nn(Cc2ccccc2)c1C. The Labute approximate surface area is 187 Å². The lowest BCUT2D eigenvalue weighted by Gasteiger charge is -2.30. The van der Waals surface area contributed by atoms with Gasteiger partial charge in [-0.1, -0.05) is 56.5 Å². The average Bonchev–Trinajstić information content (AvgIpc) is 3.07. The Hall–Kier alpha value is -2.18. The number of rotatable bonds is 11. The molecule has 6 heteroatoms. The van der Waals surface area contributed by atoms with Crippen LogP contribution in [0.2, 0.25) is 0 Å². The van der Waals surface area contributed by atoms with Gasteiger partial charge in [0, 0.05) is 38.4 Å². The number of ether oxygens (including phenoxy) is 1. The standard InChI is InChI=1S/C25H38N4O2/c1-4-5-6-10-13-28(15-14-27-16-18-31-19-17-27)25(30)24-21(2)26-29(22(24)3)20-23-11-8-7-9-12-23/h7-9,11-12H,4-6,10,13-20H2,1-3H3. The van der Waals surface area contributed by atoms with Crippen molar-refractivity contribution < 1.29 is 9.53 Å². The Morgan fingerprint density at radius 3 is 2.52 bits per heavy atom. The highest BCUT2D eigenvalue weighted by molar-refractivity contribution is 5.96. The summed E-state index contributed by atoms with van der Waals surface area (Å²) in [6.07, 6.45) is 4.65. The molecule has 0 unspecified atom stereocenters. The third-order valence-corrected chi connectivity index (χ3v) is 6.13. The summed E-state index contributed by atoms with van der Waals surface area (Å²) in [7, 11) is 0. The molecule has 2 aromatic rings. The van der Waals surface area contributed by atoms with Crippen LogP contribution in [0.3, 0.4) is 0 Å². The van der Waals surface area contributed by atoms with Crippen LogP contribution in [0.5, 0.6) is 0 Å². The molecule has 1 aliphatic rings. The monoisotopic (exact) mass is 426 g/mol. The molecule has 1 aromatic heterocycles. The van der Waals surface area contributed by atoms with Gasteiger partial charge in [0.25, 0.3) is 5.91 Å². The molecule has 0 atom stereocenters. The number of nitrogens with zero attached hydrogens (tertiary/aromatic N) is 4. The predicted molar refractivity (Wildman–Crippen MR) is 125 cm³/mol. The van der Waals surface area contributed by atoms with Crippen molar-refractivity contribution in [3.63, 3.8) is 0 Å². The number of benzene rings is 1. The number of aromatic nitrogens is 2. The van der Waals surface area contributed by atoms with Crippen molar-refractivity contribution in [1.82, 2.24) is 19.6 Å². The molecule has 0 spiro atoms. The van der Waals surface area contributed by atoms with Crippen LogP contribution in [0.25, 0.3) is 0 Å². The van der Waals surface area contributed by atoms with Crippen molar-refractivity contribution in [2.24, 2.45) is 0 Å². The van der Waals surface area contributed by atoms with Gasteiger partial charge in [0.15, 0.2) is 0 Å². The van der Waals surface area contributed by atoms with E-state index in [0.717, 1.165) is 69.3 Å². The lowest BCUT2D eigenvalue weighted by atomic mass is 10.1. The fourth-order valence-electron chi connectivity index (χ4n) is 4.21. The van der Waals surface area contributed by atoms with Crippen LogP contribution in [0.4, 0.5) is 0 Å². The maximum Gasteiger partial charge on any atom is 0.257 e. The highest BCUT2D eigenvalue weighted by atomic mass is 16.5. The minimum atomic E-state index is 0.124. The molecule has 3 rings (SSSR count). The minimum absolute atomic E-state index is 0.124. The zero-order valence-corrected chi connectivity index (χ0v) is 19.5. The van der Waals surface area contributed by atoms with E-state index in [2.05, 4.69) is 28.9 Å². The van der Waals surface area contributed by atoms with Crippen LogP contribution in [-0.2, 0) is 11.3 Å². The number of hydrogen-bond donors (Lipinski definition) is 0. The summed E-state index contributed by atoms with van der Waals surface area (Å²) in [5.41, 5.74) is 3.74. The van der Waals surface area contributed by atoms with Crippen LogP contribution < -0.4 is 0 Å². The molecule has 1 fully saturated rings. The second-order valence-electron chi connectivity index (χ2n) is 8.50. The van der Waals surface area contributed by atoms with Crippen molar-refractivity contribution in [2.45, 2.75) is 53.0 Å². The van der Waals surface area contributed by atoms with Gasteiger partial charge in [0.1, 0.15) is 0 Å². The summed E-state index contributed by atoms with van der Waals surface area (Å²) in [5.74, 6) is 0.124. The number of carbonyl (C=O) groups excluding carboxylic acids is 1. The quantitative estimate of drug-likeness (QED) is 0.511. The Bertz CT molecular complexity index is 812. The molecule has 2 heterocycles. The van der Waals surface area contributed by atoms with Crippen molar-refractivity contribution in [2.75, 3.05) is 45.9 Å². The molecule has 6 nitrogen and oxygen atoms in total. The van der Waals surface area contributed by atoms with Gasteiger partial charge in [-0.2, -0.15) is 5.10 Å². The third-order valence-electron chi connectivity index (χ3n) is 6.13. The predicted octanol–water partition coefficient (Wildman–Crippen LogP) is 3.90. The van der Waals surface area contributed by atoms with E-state index in [1.165, 1.54) is 24.8 Å². The number of carbonyl (C=O) groups is 1. The van der Waals surface area contributed by atoms with E-state index in [9.17, 15) is 4.79 Å². The van der Waals surface area contributed by atoms with Crippen molar-refractivity contribution in [3.05, 3.63) is 52.8 Å². The summed E-state index contributed by atoms with van der Waals surface area (Å²) in [6, 6.07) is 10.3. The zero-order chi connectivity index (χ0) is 22.1. The molecule has 1 aromatic carbocycles. The minimum Gasteiger partial charge on any atom is -0.379 e. The fraction of sp³-hybridized carbons (Fsp3) is 0.600. The second-order valence-corrected chi connectivity index (χ2v) is 8.50. The molecular formula is C25H38N4O2. The highest BCUT2D eigenvalue weighted by Gasteiger charge is 2.24. The van der Waals surface area contributed by atoms with E-state index >= 15 is 0 Å². The lowest BCUT2D eigenvalue weighted by molar-refractivity contribution is 0.0324. The van der Waals surface area contributed by atoms with Crippen molar-refractivity contribution in [1.29, 1.82) is 0 Å².